The van der Waals surface area contributed by atoms with E-state index in [4.69, 9.17) is 40.5 Å². The number of nitro groups is 1. The maximum absolute atomic E-state index is 10.9. The van der Waals surface area contributed by atoms with Crippen LogP contribution in [0.3, 0.4) is 0 Å². The molecule has 0 radical (unpaired) electrons. The molecule has 0 saturated carbocycles. The molecule has 0 saturated heterocycles. The number of rotatable bonds is 2. The standard InChI is InChI=1S/C7H4Cl3N3O3/c8-3-1-4(9)6(5(10)2-3)12(7(11)14)13(15)16/h1-2H,(H2,11,14). The average Bonchev–Trinajstić information content (AvgIpc) is 2.09. The molecule has 9 heteroatoms. The summed E-state index contributed by atoms with van der Waals surface area (Å²) in [6.45, 7) is 0. The molecular formula is C7H4Cl3N3O3. The van der Waals surface area contributed by atoms with E-state index in [0.29, 0.717) is 0 Å². The van der Waals surface area contributed by atoms with Crippen LogP contribution >= 0.6 is 34.8 Å². The van der Waals surface area contributed by atoms with Gasteiger partial charge < -0.3 is 5.73 Å². The van der Waals surface area contributed by atoms with Crippen LogP contribution in [0.1, 0.15) is 0 Å². The third-order valence-corrected chi connectivity index (χ3v) is 2.36. The minimum atomic E-state index is -1.31. The van der Waals surface area contributed by atoms with E-state index >= 15 is 0 Å². The molecule has 2 N–H and O–H groups in total. The first kappa shape index (κ1) is 12.8. The van der Waals surface area contributed by atoms with Crippen LogP contribution in [0.15, 0.2) is 12.1 Å². The number of anilines is 1. The van der Waals surface area contributed by atoms with Crippen LogP contribution in [0.25, 0.3) is 0 Å². The highest BCUT2D eigenvalue weighted by atomic mass is 35.5. The predicted molar refractivity (Wildman–Crippen MR) is 60.5 cm³/mol. The number of hydrogen-bond acceptors (Lipinski definition) is 3. The van der Waals surface area contributed by atoms with Crippen molar-refractivity contribution in [1.82, 2.24) is 0 Å². The average molecular weight is 284 g/mol. The first-order valence-corrected chi connectivity index (χ1v) is 4.86. The number of urea groups is 1. The molecule has 1 rings (SSSR count). The van der Waals surface area contributed by atoms with Gasteiger partial charge in [-0.2, -0.15) is 0 Å². The van der Waals surface area contributed by atoms with Crippen LogP contribution in [0, 0.1) is 10.1 Å². The Kier molecular flexibility index (Phi) is 3.79. The molecule has 2 amide bonds. The van der Waals surface area contributed by atoms with Gasteiger partial charge in [-0.3, -0.25) is 0 Å². The summed E-state index contributed by atoms with van der Waals surface area (Å²) in [6.07, 6.45) is 0. The summed E-state index contributed by atoms with van der Waals surface area (Å²) in [5.74, 6) is 0. The van der Waals surface area contributed by atoms with Crippen molar-refractivity contribution < 1.29 is 9.83 Å². The van der Waals surface area contributed by atoms with Crippen LogP contribution in [0.5, 0.6) is 0 Å². The Labute approximate surface area is 105 Å². The smallest absolute Gasteiger partial charge is 0.347 e. The molecule has 0 aromatic heterocycles. The van der Waals surface area contributed by atoms with Crippen LogP contribution in [-0.4, -0.2) is 11.1 Å². The second kappa shape index (κ2) is 4.73. The lowest BCUT2D eigenvalue weighted by Crippen LogP contribution is -2.40. The molecule has 1 aromatic carbocycles. The summed E-state index contributed by atoms with van der Waals surface area (Å²) in [5, 5.41) is 9.53. The van der Waals surface area contributed by atoms with Gasteiger partial charge in [-0.1, -0.05) is 34.8 Å². The normalized spacial score (nSPS) is 9.94. The summed E-state index contributed by atoms with van der Waals surface area (Å²) in [5.41, 5.74) is 4.53. The number of hydrogen-bond donors (Lipinski definition) is 1. The predicted octanol–water partition coefficient (Wildman–Crippen LogP) is 2.72. The minimum absolute atomic E-state index is 0.0427. The first-order valence-electron chi connectivity index (χ1n) is 3.73. The fraction of sp³-hybridized carbons (Fsp3) is 0. The second-order valence-electron chi connectivity index (χ2n) is 2.61. The van der Waals surface area contributed by atoms with Crippen molar-refractivity contribution in [2.75, 3.05) is 5.01 Å². The molecule has 0 heterocycles. The summed E-state index contributed by atoms with van der Waals surface area (Å²) in [6, 6.07) is 1.11. The van der Waals surface area contributed by atoms with Crippen molar-refractivity contribution in [2.24, 2.45) is 5.73 Å². The van der Waals surface area contributed by atoms with Crippen LogP contribution in [0.4, 0.5) is 10.5 Å². The molecular weight excluding hydrogens is 280 g/mol. The van der Waals surface area contributed by atoms with E-state index in [2.05, 4.69) is 0 Å². The zero-order valence-electron chi connectivity index (χ0n) is 7.49. The molecule has 0 aliphatic heterocycles. The van der Waals surface area contributed by atoms with E-state index in [9.17, 15) is 14.9 Å². The maximum atomic E-state index is 10.9. The van der Waals surface area contributed by atoms with E-state index in [1.165, 1.54) is 12.1 Å². The van der Waals surface area contributed by atoms with E-state index in [0.717, 1.165) is 0 Å². The zero-order chi connectivity index (χ0) is 12.5. The Morgan fingerprint density at radius 2 is 1.75 bits per heavy atom. The Bertz CT molecular complexity index is 428. The quantitative estimate of drug-likeness (QED) is 0.668. The number of nitrogens with zero attached hydrogens (tertiary/aromatic N) is 2. The van der Waals surface area contributed by atoms with Gasteiger partial charge >= 0.3 is 6.03 Å². The molecule has 1 aromatic rings. The number of hydrazine groups is 1. The Balaban J connectivity index is 3.41. The lowest BCUT2D eigenvalue weighted by atomic mass is 10.3. The summed E-state index contributed by atoms with van der Waals surface area (Å²) >= 11 is 17.0. The van der Waals surface area contributed by atoms with Crippen molar-refractivity contribution in [3.63, 3.8) is 0 Å². The number of primary amides is 1. The van der Waals surface area contributed by atoms with Gasteiger partial charge in [0.1, 0.15) is 0 Å². The third kappa shape index (κ3) is 2.46. The van der Waals surface area contributed by atoms with E-state index in [1.807, 2.05) is 0 Å². The van der Waals surface area contributed by atoms with Crippen LogP contribution in [0.2, 0.25) is 15.1 Å². The monoisotopic (exact) mass is 283 g/mol. The highest BCUT2D eigenvalue weighted by Crippen LogP contribution is 2.36. The van der Waals surface area contributed by atoms with Gasteiger partial charge in [-0.05, 0) is 17.1 Å². The molecule has 0 aliphatic rings. The number of carbonyl (C=O) groups excluding carboxylic acids is 1. The van der Waals surface area contributed by atoms with E-state index in [1.54, 1.807) is 0 Å². The van der Waals surface area contributed by atoms with E-state index in [-0.39, 0.29) is 25.8 Å². The first-order chi connectivity index (χ1) is 7.34. The van der Waals surface area contributed by atoms with Gasteiger partial charge in [0.05, 0.1) is 10.0 Å². The van der Waals surface area contributed by atoms with Crippen molar-refractivity contribution in [1.29, 1.82) is 0 Å². The Morgan fingerprint density at radius 1 is 1.31 bits per heavy atom. The number of halogens is 3. The van der Waals surface area contributed by atoms with Crippen molar-refractivity contribution in [3.05, 3.63) is 37.3 Å². The molecule has 0 unspecified atom stereocenters. The molecule has 16 heavy (non-hydrogen) atoms. The molecule has 0 atom stereocenters. The molecule has 0 fully saturated rings. The summed E-state index contributed by atoms with van der Waals surface area (Å²) in [4.78, 5) is 21.5. The highest BCUT2D eigenvalue weighted by molar-refractivity contribution is 6.42. The van der Waals surface area contributed by atoms with Crippen LogP contribution < -0.4 is 10.7 Å². The van der Waals surface area contributed by atoms with Gasteiger partial charge in [0.15, 0.2) is 10.7 Å². The Morgan fingerprint density at radius 3 is 2.06 bits per heavy atom. The van der Waals surface area contributed by atoms with Crippen molar-refractivity contribution in [2.45, 2.75) is 0 Å². The number of amides is 2. The number of benzene rings is 1. The fourth-order valence-electron chi connectivity index (χ4n) is 1.01. The number of carbonyl (C=O) groups is 1. The summed E-state index contributed by atoms with van der Waals surface area (Å²) < 4.78 is 0. The molecule has 0 aliphatic carbocycles. The van der Waals surface area contributed by atoms with Crippen molar-refractivity contribution in [3.8, 4) is 0 Å². The zero-order valence-corrected chi connectivity index (χ0v) is 9.75. The van der Waals surface area contributed by atoms with Gasteiger partial charge in [0, 0.05) is 5.02 Å². The van der Waals surface area contributed by atoms with E-state index < -0.39 is 11.1 Å². The summed E-state index contributed by atoms with van der Waals surface area (Å²) in [7, 11) is 0. The highest BCUT2D eigenvalue weighted by Gasteiger charge is 2.29. The van der Waals surface area contributed by atoms with Gasteiger partial charge in [-0.15, -0.1) is 0 Å². The largest absolute Gasteiger partial charge is 0.378 e. The van der Waals surface area contributed by atoms with Gasteiger partial charge in [-0.25, -0.2) is 14.9 Å². The second-order valence-corrected chi connectivity index (χ2v) is 3.86. The van der Waals surface area contributed by atoms with Gasteiger partial charge in [0.25, 0.3) is 0 Å². The molecule has 6 nitrogen and oxygen atoms in total. The fourth-order valence-corrected chi connectivity index (χ4v) is 1.99. The minimum Gasteiger partial charge on any atom is -0.347 e. The van der Waals surface area contributed by atoms with Gasteiger partial charge in [0.2, 0.25) is 0 Å². The topological polar surface area (TPSA) is 89.5 Å². The Hall–Kier alpha value is -1.24. The molecule has 0 bridgehead atoms. The van der Waals surface area contributed by atoms with Crippen molar-refractivity contribution >= 4 is 46.5 Å². The third-order valence-electron chi connectivity index (χ3n) is 1.57. The van der Waals surface area contributed by atoms with Crippen LogP contribution in [-0.2, 0) is 0 Å². The maximum Gasteiger partial charge on any atom is 0.378 e. The lowest BCUT2D eigenvalue weighted by Gasteiger charge is -2.12. The lowest BCUT2D eigenvalue weighted by molar-refractivity contribution is -0.481. The SMILES string of the molecule is NC(=O)N(c1c(Cl)cc(Cl)cc1Cl)[N+](=O)[O-]. The molecule has 86 valence electrons. The number of nitrogens with two attached hydrogens (primary N) is 1. The molecule has 0 spiro atoms.